The highest BCUT2D eigenvalue weighted by Gasteiger charge is 2.28. The van der Waals surface area contributed by atoms with Gasteiger partial charge in [0, 0.05) is 18.6 Å². The first-order chi connectivity index (χ1) is 8.99. The van der Waals surface area contributed by atoms with Crippen molar-refractivity contribution in [2.24, 2.45) is 0 Å². The SMILES string of the molecule is Cc1oc(CNCC(C)N(C)C2CC2)cc1C(=O)O. The van der Waals surface area contributed by atoms with Crippen molar-refractivity contribution in [2.45, 2.75) is 45.3 Å². The zero-order chi connectivity index (χ0) is 14.0. The van der Waals surface area contributed by atoms with Gasteiger partial charge in [-0.25, -0.2) is 4.79 Å². The number of nitrogens with zero attached hydrogens (tertiary/aromatic N) is 1. The van der Waals surface area contributed by atoms with Crippen LogP contribution in [0.2, 0.25) is 0 Å². The lowest BCUT2D eigenvalue weighted by Crippen LogP contribution is -2.38. The normalized spacial score (nSPS) is 16.8. The van der Waals surface area contributed by atoms with Gasteiger partial charge in [-0.3, -0.25) is 4.90 Å². The van der Waals surface area contributed by atoms with E-state index < -0.39 is 5.97 Å². The topological polar surface area (TPSA) is 65.7 Å². The van der Waals surface area contributed by atoms with Gasteiger partial charge in [0.2, 0.25) is 0 Å². The molecule has 0 spiro atoms. The average molecular weight is 266 g/mol. The summed E-state index contributed by atoms with van der Waals surface area (Å²) in [6.45, 7) is 5.31. The largest absolute Gasteiger partial charge is 0.478 e. The second kappa shape index (κ2) is 5.75. The molecule has 1 saturated carbocycles. The lowest BCUT2D eigenvalue weighted by atomic mass is 10.2. The van der Waals surface area contributed by atoms with Crippen LogP contribution < -0.4 is 5.32 Å². The lowest BCUT2D eigenvalue weighted by Gasteiger charge is -2.24. The summed E-state index contributed by atoms with van der Waals surface area (Å²) in [5, 5.41) is 12.3. The summed E-state index contributed by atoms with van der Waals surface area (Å²) in [7, 11) is 2.16. The number of carbonyl (C=O) groups is 1. The molecule has 0 aromatic carbocycles. The molecule has 1 aromatic heterocycles. The Morgan fingerprint density at radius 1 is 1.63 bits per heavy atom. The molecule has 0 amide bonds. The second-order valence-corrected chi connectivity index (χ2v) is 5.36. The van der Waals surface area contributed by atoms with Crippen molar-refractivity contribution in [3.63, 3.8) is 0 Å². The van der Waals surface area contributed by atoms with Gasteiger partial charge in [-0.1, -0.05) is 0 Å². The Bertz CT molecular complexity index is 452. The van der Waals surface area contributed by atoms with Gasteiger partial charge in [0.05, 0.1) is 6.54 Å². The van der Waals surface area contributed by atoms with Crippen LogP contribution in [0.3, 0.4) is 0 Å². The Hall–Kier alpha value is -1.33. The Labute approximate surface area is 113 Å². The van der Waals surface area contributed by atoms with E-state index in [1.54, 1.807) is 13.0 Å². The van der Waals surface area contributed by atoms with Crippen LogP contribution in [0, 0.1) is 6.92 Å². The standard InChI is InChI=1S/C14H22N2O3/c1-9(16(3)11-4-5-11)7-15-8-12-6-13(14(17)18)10(2)19-12/h6,9,11,15H,4-5,7-8H2,1-3H3,(H,17,18). The van der Waals surface area contributed by atoms with Gasteiger partial charge in [-0.05, 0) is 39.8 Å². The zero-order valence-electron chi connectivity index (χ0n) is 11.8. The smallest absolute Gasteiger partial charge is 0.339 e. The Morgan fingerprint density at radius 3 is 2.84 bits per heavy atom. The van der Waals surface area contributed by atoms with Gasteiger partial charge < -0.3 is 14.8 Å². The van der Waals surface area contributed by atoms with Crippen molar-refractivity contribution in [2.75, 3.05) is 13.6 Å². The monoisotopic (exact) mass is 266 g/mol. The van der Waals surface area contributed by atoms with Crippen LogP contribution >= 0.6 is 0 Å². The van der Waals surface area contributed by atoms with Crippen molar-refractivity contribution in [3.05, 3.63) is 23.2 Å². The number of furan rings is 1. The van der Waals surface area contributed by atoms with Crippen molar-refractivity contribution < 1.29 is 14.3 Å². The van der Waals surface area contributed by atoms with Crippen molar-refractivity contribution in [1.82, 2.24) is 10.2 Å². The molecule has 1 aliphatic rings. The molecule has 2 rings (SSSR count). The number of aryl methyl sites for hydroxylation is 1. The minimum Gasteiger partial charge on any atom is -0.478 e. The Balaban J connectivity index is 1.78. The summed E-state index contributed by atoms with van der Waals surface area (Å²) in [4.78, 5) is 13.3. The minimum atomic E-state index is -0.936. The van der Waals surface area contributed by atoms with E-state index in [4.69, 9.17) is 9.52 Å². The predicted octanol–water partition coefficient (Wildman–Crippen LogP) is 1.86. The number of rotatable bonds is 7. The van der Waals surface area contributed by atoms with Crippen molar-refractivity contribution >= 4 is 5.97 Å². The van der Waals surface area contributed by atoms with Gasteiger partial charge in [0.1, 0.15) is 17.1 Å². The first-order valence-electron chi connectivity index (χ1n) is 6.74. The summed E-state index contributed by atoms with van der Waals surface area (Å²) in [6.07, 6.45) is 2.61. The quantitative estimate of drug-likeness (QED) is 0.788. The summed E-state index contributed by atoms with van der Waals surface area (Å²) >= 11 is 0. The van der Waals surface area contributed by atoms with Crippen LogP contribution in [0.15, 0.2) is 10.5 Å². The number of likely N-dealkylation sites (N-methyl/N-ethyl adjacent to an activating group) is 1. The van der Waals surface area contributed by atoms with Crippen LogP contribution in [-0.4, -0.2) is 41.7 Å². The maximum absolute atomic E-state index is 10.9. The molecule has 0 aliphatic heterocycles. The third-order valence-corrected chi connectivity index (χ3v) is 3.76. The van der Waals surface area contributed by atoms with Crippen LogP contribution in [0.4, 0.5) is 0 Å². The van der Waals surface area contributed by atoms with Crippen LogP contribution in [0.5, 0.6) is 0 Å². The summed E-state index contributed by atoms with van der Waals surface area (Å²) in [5.74, 6) is 0.206. The molecular formula is C14H22N2O3. The molecule has 1 atom stereocenters. The van der Waals surface area contributed by atoms with Crippen LogP contribution in [-0.2, 0) is 6.54 Å². The number of hydrogen-bond acceptors (Lipinski definition) is 4. The zero-order valence-corrected chi connectivity index (χ0v) is 11.8. The number of hydrogen-bond donors (Lipinski definition) is 2. The highest BCUT2D eigenvalue weighted by atomic mass is 16.4. The summed E-state index contributed by atoms with van der Waals surface area (Å²) in [6, 6.07) is 2.82. The molecule has 5 nitrogen and oxygen atoms in total. The van der Waals surface area contributed by atoms with E-state index in [1.165, 1.54) is 12.8 Å². The molecule has 1 aliphatic carbocycles. The van der Waals surface area contributed by atoms with Gasteiger partial charge in [0.15, 0.2) is 0 Å². The third kappa shape index (κ3) is 3.58. The van der Waals surface area contributed by atoms with E-state index in [1.807, 2.05) is 0 Å². The Morgan fingerprint density at radius 2 is 2.32 bits per heavy atom. The molecular weight excluding hydrogens is 244 g/mol. The van der Waals surface area contributed by atoms with E-state index >= 15 is 0 Å². The molecule has 1 fully saturated rings. The average Bonchev–Trinajstić information content (AvgIpc) is 3.12. The fourth-order valence-electron chi connectivity index (χ4n) is 2.23. The molecule has 19 heavy (non-hydrogen) atoms. The predicted molar refractivity (Wildman–Crippen MR) is 72.4 cm³/mol. The van der Waals surface area contributed by atoms with Gasteiger partial charge in [0.25, 0.3) is 0 Å². The van der Waals surface area contributed by atoms with Gasteiger partial charge in [-0.15, -0.1) is 0 Å². The van der Waals surface area contributed by atoms with Gasteiger partial charge >= 0.3 is 5.97 Å². The molecule has 2 N–H and O–H groups in total. The fourth-order valence-corrected chi connectivity index (χ4v) is 2.23. The first kappa shape index (κ1) is 14.1. The first-order valence-corrected chi connectivity index (χ1v) is 6.74. The lowest BCUT2D eigenvalue weighted by molar-refractivity contribution is 0.0695. The molecule has 0 bridgehead atoms. The van der Waals surface area contributed by atoms with Gasteiger partial charge in [-0.2, -0.15) is 0 Å². The number of nitrogens with one attached hydrogen (secondary N) is 1. The molecule has 106 valence electrons. The van der Waals surface area contributed by atoms with E-state index in [2.05, 4.69) is 24.2 Å². The highest BCUT2D eigenvalue weighted by Crippen LogP contribution is 2.26. The van der Waals surface area contributed by atoms with Crippen LogP contribution in [0.1, 0.15) is 41.6 Å². The molecule has 0 saturated heterocycles. The highest BCUT2D eigenvalue weighted by molar-refractivity contribution is 5.88. The summed E-state index contributed by atoms with van der Waals surface area (Å²) in [5.41, 5.74) is 0.250. The Kier molecular flexibility index (Phi) is 4.27. The van der Waals surface area contributed by atoms with Crippen molar-refractivity contribution in [3.8, 4) is 0 Å². The molecule has 0 radical (unpaired) electrons. The third-order valence-electron chi connectivity index (χ3n) is 3.76. The maximum Gasteiger partial charge on any atom is 0.339 e. The van der Waals surface area contributed by atoms with E-state index in [0.29, 0.717) is 24.1 Å². The summed E-state index contributed by atoms with van der Waals surface area (Å²) < 4.78 is 5.42. The molecule has 1 unspecified atom stereocenters. The van der Waals surface area contributed by atoms with Crippen LogP contribution in [0.25, 0.3) is 0 Å². The van der Waals surface area contributed by atoms with E-state index in [-0.39, 0.29) is 5.56 Å². The van der Waals surface area contributed by atoms with Crippen molar-refractivity contribution in [1.29, 1.82) is 0 Å². The van der Waals surface area contributed by atoms with E-state index in [0.717, 1.165) is 12.6 Å². The minimum absolute atomic E-state index is 0.250. The molecule has 1 heterocycles. The number of aromatic carboxylic acids is 1. The molecule has 1 aromatic rings. The number of carboxylic acids is 1. The fraction of sp³-hybridized carbons (Fsp3) is 0.643. The molecule has 5 heteroatoms. The maximum atomic E-state index is 10.9. The number of carboxylic acid groups (broad SMARTS) is 1. The van der Waals surface area contributed by atoms with E-state index in [9.17, 15) is 4.79 Å². The second-order valence-electron chi connectivity index (χ2n) is 5.36.